The minimum Gasteiger partial charge on any atom is -0.494 e. The Hall–Kier alpha value is -0.860. The predicted octanol–water partition coefficient (Wildman–Crippen LogP) is 3.20. The van der Waals surface area contributed by atoms with Crippen molar-refractivity contribution in [2.45, 2.75) is 29.2 Å². The minimum absolute atomic E-state index is 0.163. The molecule has 2 aliphatic rings. The topological polar surface area (TPSA) is 35.9 Å². The maximum atomic E-state index is 13.5. The number of aliphatic hydroxyl groups is 1. The van der Waals surface area contributed by atoms with Crippen molar-refractivity contribution in [3.05, 3.63) is 24.0 Å². The molecule has 2 aliphatic heterocycles. The van der Waals surface area contributed by atoms with E-state index in [4.69, 9.17) is 4.74 Å². The molecule has 2 atom stereocenters. The van der Waals surface area contributed by atoms with Crippen molar-refractivity contribution in [2.24, 2.45) is 0 Å². The molecule has 2 fully saturated rings. The summed E-state index contributed by atoms with van der Waals surface area (Å²) < 4.78 is 23.6. The second kappa shape index (κ2) is 6.80. The van der Waals surface area contributed by atoms with E-state index in [0.29, 0.717) is 6.04 Å². The van der Waals surface area contributed by atoms with Crippen molar-refractivity contribution >= 4 is 33.4 Å². The Bertz CT molecular complexity index is 739. The number of rotatable bonds is 4. The first-order chi connectivity index (χ1) is 11.6. The van der Waals surface area contributed by atoms with Crippen molar-refractivity contribution in [2.75, 3.05) is 33.3 Å². The minimum atomic E-state index is -0.232. The molecule has 4 nitrogen and oxygen atoms in total. The number of fused-ring (bicyclic) bond motifs is 1. The van der Waals surface area contributed by atoms with E-state index in [2.05, 4.69) is 9.21 Å². The summed E-state index contributed by atoms with van der Waals surface area (Å²) in [6.45, 7) is 3.81. The van der Waals surface area contributed by atoms with Gasteiger partial charge >= 0.3 is 0 Å². The number of aliphatic hydroxyl groups excluding tert-OH is 1. The number of thiophene rings is 1. The van der Waals surface area contributed by atoms with Crippen LogP contribution in [-0.4, -0.2) is 59.7 Å². The summed E-state index contributed by atoms with van der Waals surface area (Å²) in [5.41, 5.74) is 0. The van der Waals surface area contributed by atoms with Gasteiger partial charge in [-0.05, 0) is 43.0 Å². The van der Waals surface area contributed by atoms with Gasteiger partial charge in [-0.15, -0.1) is 11.3 Å². The molecule has 3 heterocycles. The summed E-state index contributed by atoms with van der Waals surface area (Å²) in [5, 5.41) is 10.6. The first-order valence-corrected chi connectivity index (χ1v) is 9.84. The van der Waals surface area contributed by atoms with Crippen LogP contribution in [0.1, 0.15) is 12.8 Å². The summed E-state index contributed by atoms with van der Waals surface area (Å²) >= 11 is 3.37. The molecule has 1 N–H and O–H groups in total. The predicted molar refractivity (Wildman–Crippen MR) is 96.4 cm³/mol. The zero-order valence-corrected chi connectivity index (χ0v) is 15.2. The molecule has 2 saturated heterocycles. The number of nitrogens with zero attached hydrogens (tertiary/aromatic N) is 2. The summed E-state index contributed by atoms with van der Waals surface area (Å²) in [4.78, 5) is 2.41. The third-order valence-corrected chi connectivity index (χ3v) is 7.19. The molecule has 1 aromatic heterocycles. The Balaban J connectivity index is 1.49. The van der Waals surface area contributed by atoms with Gasteiger partial charge in [-0.25, -0.2) is 8.70 Å². The Morgan fingerprint density at radius 2 is 2.17 bits per heavy atom. The monoisotopic (exact) mass is 368 g/mol. The van der Waals surface area contributed by atoms with Crippen molar-refractivity contribution in [3.8, 4) is 5.75 Å². The summed E-state index contributed by atoms with van der Waals surface area (Å²) in [5.74, 6) is 0.545. The molecule has 2 aromatic rings. The van der Waals surface area contributed by atoms with Crippen LogP contribution in [0, 0.1) is 5.82 Å². The first-order valence-electron chi connectivity index (χ1n) is 8.25. The van der Waals surface area contributed by atoms with Crippen molar-refractivity contribution in [1.29, 1.82) is 0 Å². The zero-order valence-electron chi connectivity index (χ0n) is 13.6. The number of likely N-dealkylation sites (tertiary alicyclic amines) is 1. The van der Waals surface area contributed by atoms with Crippen LogP contribution in [-0.2, 0) is 0 Å². The van der Waals surface area contributed by atoms with Gasteiger partial charge in [0.05, 0.1) is 13.2 Å². The molecule has 7 heteroatoms. The standard InChI is InChI=1S/C17H21FN2O2S2/c1-22-16-14-8-11(18)2-3-15(14)23-17(16)24-20-7-4-12(9-20)19-6-5-13(21)10-19/h2-3,8,12-13,21H,4-7,9-10H2,1H3. The first kappa shape index (κ1) is 16.6. The molecule has 1 aromatic carbocycles. The quantitative estimate of drug-likeness (QED) is 0.839. The van der Waals surface area contributed by atoms with E-state index in [-0.39, 0.29) is 11.9 Å². The molecule has 0 radical (unpaired) electrons. The lowest BCUT2D eigenvalue weighted by atomic mass is 10.2. The van der Waals surface area contributed by atoms with E-state index >= 15 is 0 Å². The molecule has 0 aliphatic carbocycles. The number of benzene rings is 1. The number of hydrogen-bond donors (Lipinski definition) is 1. The Labute approximate surface area is 149 Å². The van der Waals surface area contributed by atoms with E-state index in [1.54, 1.807) is 36.5 Å². The highest BCUT2D eigenvalue weighted by atomic mass is 32.2. The highest BCUT2D eigenvalue weighted by Gasteiger charge is 2.33. The van der Waals surface area contributed by atoms with E-state index in [9.17, 15) is 9.50 Å². The lowest BCUT2D eigenvalue weighted by Gasteiger charge is -2.23. The van der Waals surface area contributed by atoms with Crippen LogP contribution in [0.5, 0.6) is 5.75 Å². The van der Waals surface area contributed by atoms with Crippen LogP contribution in [0.2, 0.25) is 0 Å². The van der Waals surface area contributed by atoms with Gasteiger partial charge in [0.15, 0.2) is 5.75 Å². The van der Waals surface area contributed by atoms with Crippen molar-refractivity contribution in [3.63, 3.8) is 0 Å². The van der Waals surface area contributed by atoms with E-state index in [1.807, 2.05) is 6.07 Å². The number of halogens is 1. The molecule has 0 bridgehead atoms. The lowest BCUT2D eigenvalue weighted by molar-refractivity contribution is 0.161. The molecule has 130 valence electrons. The third-order valence-electron chi connectivity index (χ3n) is 4.83. The number of ether oxygens (including phenoxy) is 1. The Kier molecular flexibility index (Phi) is 4.70. The van der Waals surface area contributed by atoms with Crippen LogP contribution in [0.3, 0.4) is 0 Å². The fraction of sp³-hybridized carbons (Fsp3) is 0.529. The number of hydrogen-bond acceptors (Lipinski definition) is 6. The van der Waals surface area contributed by atoms with Crippen LogP contribution >= 0.6 is 23.3 Å². The van der Waals surface area contributed by atoms with Gasteiger partial charge in [0.2, 0.25) is 0 Å². The SMILES string of the molecule is COc1c(SN2CCC(N3CCC(O)C3)C2)sc2ccc(F)cc12. The van der Waals surface area contributed by atoms with E-state index in [0.717, 1.165) is 59.1 Å². The highest BCUT2D eigenvalue weighted by molar-refractivity contribution is 7.99. The van der Waals surface area contributed by atoms with E-state index < -0.39 is 0 Å². The number of β-amino-alcohol motifs (C(OH)–C–C–N with tert-alkyl or cyclic N) is 1. The van der Waals surface area contributed by atoms with Gasteiger partial charge in [-0.1, -0.05) is 0 Å². The largest absolute Gasteiger partial charge is 0.494 e. The molecule has 2 unspecified atom stereocenters. The third kappa shape index (κ3) is 3.15. The van der Waals surface area contributed by atoms with Crippen LogP contribution in [0.4, 0.5) is 4.39 Å². The zero-order chi connectivity index (χ0) is 16.7. The van der Waals surface area contributed by atoms with Gasteiger partial charge in [0, 0.05) is 42.3 Å². The molecular formula is C17H21FN2O2S2. The molecule has 24 heavy (non-hydrogen) atoms. The normalized spacial score (nSPS) is 25.8. The van der Waals surface area contributed by atoms with Crippen molar-refractivity contribution in [1.82, 2.24) is 9.21 Å². The summed E-state index contributed by atoms with van der Waals surface area (Å²) in [7, 11) is 1.65. The smallest absolute Gasteiger partial charge is 0.152 e. The van der Waals surface area contributed by atoms with Gasteiger partial charge in [0.1, 0.15) is 10.0 Å². The van der Waals surface area contributed by atoms with E-state index in [1.165, 1.54) is 6.07 Å². The van der Waals surface area contributed by atoms with Crippen molar-refractivity contribution < 1.29 is 14.2 Å². The average molecular weight is 368 g/mol. The Morgan fingerprint density at radius 3 is 2.92 bits per heavy atom. The molecule has 4 rings (SSSR count). The van der Waals surface area contributed by atoms with Gasteiger partial charge in [0.25, 0.3) is 0 Å². The molecular weight excluding hydrogens is 347 g/mol. The van der Waals surface area contributed by atoms with Gasteiger partial charge in [-0.2, -0.15) is 0 Å². The van der Waals surface area contributed by atoms with Gasteiger partial charge in [-0.3, -0.25) is 4.90 Å². The average Bonchev–Trinajstić information content (AvgIpc) is 3.26. The second-order valence-electron chi connectivity index (χ2n) is 6.42. The fourth-order valence-corrected chi connectivity index (χ4v) is 6.16. The molecule has 0 saturated carbocycles. The highest BCUT2D eigenvalue weighted by Crippen LogP contribution is 2.46. The fourth-order valence-electron chi connectivity index (χ4n) is 3.59. The number of methoxy groups -OCH3 is 1. The second-order valence-corrected chi connectivity index (χ2v) is 8.84. The lowest BCUT2D eigenvalue weighted by Crippen LogP contribution is -2.35. The van der Waals surface area contributed by atoms with Crippen LogP contribution in [0.15, 0.2) is 22.4 Å². The van der Waals surface area contributed by atoms with Crippen LogP contribution in [0.25, 0.3) is 10.1 Å². The molecule has 0 amide bonds. The maximum Gasteiger partial charge on any atom is 0.152 e. The molecule has 0 spiro atoms. The summed E-state index contributed by atoms with van der Waals surface area (Å²) in [6.07, 6.45) is 1.85. The summed E-state index contributed by atoms with van der Waals surface area (Å²) in [6, 6.07) is 5.39. The van der Waals surface area contributed by atoms with Gasteiger partial charge < -0.3 is 9.84 Å². The maximum absolute atomic E-state index is 13.5. The van der Waals surface area contributed by atoms with Crippen LogP contribution < -0.4 is 4.74 Å². The Morgan fingerprint density at radius 1 is 1.29 bits per heavy atom.